The molecule has 0 saturated carbocycles. The maximum absolute atomic E-state index is 6.44. The lowest BCUT2D eigenvalue weighted by Crippen LogP contribution is -2.84. The number of nitrogens with two attached hydrogens (primary N) is 1. The molecule has 0 aromatic heterocycles. The maximum Gasteiger partial charge on any atom is 0.0777 e. The van der Waals surface area contributed by atoms with Gasteiger partial charge in [0.15, 0.2) is 0 Å². The van der Waals surface area contributed by atoms with Crippen LogP contribution >= 0.6 is 11.6 Å². The van der Waals surface area contributed by atoms with Gasteiger partial charge in [0, 0.05) is 25.2 Å². The average Bonchev–Trinajstić information content (AvgIpc) is 2.57. The van der Waals surface area contributed by atoms with Crippen molar-refractivity contribution >= 4 is 11.6 Å². The number of quaternary nitrogens is 1. The van der Waals surface area contributed by atoms with Crippen LogP contribution in [0.15, 0.2) is 24.3 Å². The number of ether oxygens (including phenoxy) is 2. The minimum atomic E-state index is 0.00380. The molecule has 0 aliphatic carbocycles. The van der Waals surface area contributed by atoms with Crippen LogP contribution in [0.25, 0.3) is 0 Å². The summed E-state index contributed by atoms with van der Waals surface area (Å²) in [5.41, 5.74) is 1.29. The number of hydrogen-bond donors (Lipinski definition) is 1. The fourth-order valence-corrected chi connectivity index (χ4v) is 4.19. The van der Waals surface area contributed by atoms with Gasteiger partial charge in [0.05, 0.1) is 25.3 Å². The van der Waals surface area contributed by atoms with Gasteiger partial charge in [-0.1, -0.05) is 29.8 Å². The van der Waals surface area contributed by atoms with Crippen molar-refractivity contribution in [2.45, 2.75) is 51.6 Å². The maximum atomic E-state index is 6.44. The zero-order valence-electron chi connectivity index (χ0n) is 16.1. The van der Waals surface area contributed by atoms with Crippen molar-refractivity contribution in [3.8, 4) is 0 Å². The number of benzene rings is 1. The molecule has 1 aromatic carbocycles. The Morgan fingerprint density at radius 3 is 2.84 bits per heavy atom. The highest BCUT2D eigenvalue weighted by molar-refractivity contribution is 6.31. The molecule has 1 aromatic rings. The molecule has 0 bridgehead atoms. The summed E-state index contributed by atoms with van der Waals surface area (Å²) in [5, 5.41) is 3.34. The second kappa shape index (κ2) is 10.5. The molecule has 1 aliphatic rings. The zero-order valence-corrected chi connectivity index (χ0v) is 16.9. The van der Waals surface area contributed by atoms with Gasteiger partial charge in [-0.3, -0.25) is 0 Å². The third kappa shape index (κ3) is 7.26. The Morgan fingerprint density at radius 2 is 2.12 bits per heavy atom. The van der Waals surface area contributed by atoms with E-state index in [2.05, 4.69) is 31.3 Å². The van der Waals surface area contributed by atoms with Crippen molar-refractivity contribution in [2.24, 2.45) is 11.8 Å². The molecule has 142 valence electrons. The molecule has 4 heteroatoms. The Bertz CT molecular complexity index is 506. The number of methoxy groups -OCH3 is 1. The van der Waals surface area contributed by atoms with Gasteiger partial charge in [-0.25, -0.2) is 0 Å². The molecular formula is C21H35ClNO2+. The molecule has 1 aliphatic heterocycles. The monoisotopic (exact) mass is 368 g/mol. The van der Waals surface area contributed by atoms with E-state index in [0.717, 1.165) is 44.0 Å². The first kappa shape index (κ1) is 20.7. The molecular weight excluding hydrogens is 334 g/mol. The van der Waals surface area contributed by atoms with Crippen LogP contribution in [0.1, 0.15) is 45.1 Å². The van der Waals surface area contributed by atoms with Crippen LogP contribution in [-0.4, -0.2) is 39.0 Å². The van der Waals surface area contributed by atoms with Gasteiger partial charge in [0.2, 0.25) is 0 Å². The molecule has 1 fully saturated rings. The predicted molar refractivity (Wildman–Crippen MR) is 104 cm³/mol. The molecule has 1 heterocycles. The first-order valence-corrected chi connectivity index (χ1v) is 10.1. The second-order valence-electron chi connectivity index (χ2n) is 7.92. The van der Waals surface area contributed by atoms with E-state index in [1.54, 1.807) is 7.11 Å². The van der Waals surface area contributed by atoms with E-state index >= 15 is 0 Å². The van der Waals surface area contributed by atoms with Gasteiger partial charge in [-0.15, -0.1) is 0 Å². The van der Waals surface area contributed by atoms with E-state index in [4.69, 9.17) is 21.1 Å². The highest BCUT2D eigenvalue weighted by Gasteiger charge is 2.33. The van der Waals surface area contributed by atoms with E-state index in [1.165, 1.54) is 24.9 Å². The normalized spacial score (nSPS) is 21.2. The molecule has 0 unspecified atom stereocenters. The predicted octanol–water partition coefficient (Wildman–Crippen LogP) is 3.69. The summed E-state index contributed by atoms with van der Waals surface area (Å²) in [7, 11) is 1.77. The van der Waals surface area contributed by atoms with Gasteiger partial charge in [0.1, 0.15) is 0 Å². The fraction of sp³-hybridized carbons (Fsp3) is 0.714. The van der Waals surface area contributed by atoms with Crippen LogP contribution in [0.2, 0.25) is 5.02 Å². The summed E-state index contributed by atoms with van der Waals surface area (Å²) in [6.07, 6.45) is 5.75. The Morgan fingerprint density at radius 1 is 1.32 bits per heavy atom. The zero-order chi connectivity index (χ0) is 18.1. The first-order valence-electron chi connectivity index (χ1n) is 9.70. The smallest absolute Gasteiger partial charge is 0.0777 e. The number of hydrogen-bond acceptors (Lipinski definition) is 2. The number of halogens is 1. The minimum Gasteiger partial charge on any atom is -0.384 e. The van der Waals surface area contributed by atoms with Crippen LogP contribution in [0.4, 0.5) is 0 Å². The van der Waals surface area contributed by atoms with Crippen molar-refractivity contribution in [3.63, 3.8) is 0 Å². The molecule has 25 heavy (non-hydrogen) atoms. The summed E-state index contributed by atoms with van der Waals surface area (Å²) in [6, 6.07) is 8.31. The third-order valence-electron chi connectivity index (χ3n) is 5.34. The standard InChI is InChI=1S/C21H34ClNO2/c1-21(2)16-19(10-14-25-21)17(9-12-23-11-6-13-24-3)15-18-7-4-5-8-20(18)22/h4-5,7-8,17,19,23H,6,9-16H2,1-3H3/p+1/t17-,19-/m0/s1. The molecule has 3 nitrogen and oxygen atoms in total. The lowest BCUT2D eigenvalue weighted by atomic mass is 9.75. The molecule has 2 atom stereocenters. The second-order valence-corrected chi connectivity index (χ2v) is 8.32. The fourth-order valence-electron chi connectivity index (χ4n) is 3.98. The van der Waals surface area contributed by atoms with E-state index < -0.39 is 0 Å². The van der Waals surface area contributed by atoms with E-state index in [0.29, 0.717) is 11.8 Å². The molecule has 2 N–H and O–H groups in total. The van der Waals surface area contributed by atoms with Crippen molar-refractivity contribution < 1.29 is 14.8 Å². The van der Waals surface area contributed by atoms with E-state index in [-0.39, 0.29) is 5.60 Å². The lowest BCUT2D eigenvalue weighted by Gasteiger charge is -2.39. The van der Waals surface area contributed by atoms with Gasteiger partial charge < -0.3 is 14.8 Å². The minimum absolute atomic E-state index is 0.00380. The summed E-state index contributed by atoms with van der Waals surface area (Å²) in [6.45, 7) is 8.51. The average molecular weight is 369 g/mol. The summed E-state index contributed by atoms with van der Waals surface area (Å²) in [5.74, 6) is 1.38. The van der Waals surface area contributed by atoms with Crippen LogP contribution < -0.4 is 5.32 Å². The van der Waals surface area contributed by atoms with Crippen molar-refractivity contribution in [1.29, 1.82) is 0 Å². The molecule has 2 rings (SSSR count). The largest absolute Gasteiger partial charge is 0.384 e. The highest BCUT2D eigenvalue weighted by Crippen LogP contribution is 2.36. The van der Waals surface area contributed by atoms with E-state index in [9.17, 15) is 0 Å². The van der Waals surface area contributed by atoms with Crippen LogP contribution in [0, 0.1) is 11.8 Å². The first-order chi connectivity index (χ1) is 12.0. The third-order valence-corrected chi connectivity index (χ3v) is 5.71. The van der Waals surface area contributed by atoms with Crippen molar-refractivity contribution in [3.05, 3.63) is 34.9 Å². The SMILES string of the molecule is COCCC[NH2+]CC[C@@H](Cc1ccccc1Cl)[C@H]1CCOC(C)(C)C1. The molecule has 0 radical (unpaired) electrons. The van der Waals surface area contributed by atoms with E-state index in [1.807, 2.05) is 12.1 Å². The van der Waals surface area contributed by atoms with Crippen LogP contribution in [-0.2, 0) is 15.9 Å². The van der Waals surface area contributed by atoms with Crippen molar-refractivity contribution in [2.75, 3.05) is 33.4 Å². The Hall–Kier alpha value is -0.610. The van der Waals surface area contributed by atoms with Crippen molar-refractivity contribution in [1.82, 2.24) is 0 Å². The van der Waals surface area contributed by atoms with Crippen LogP contribution in [0.5, 0.6) is 0 Å². The Kier molecular flexibility index (Phi) is 8.71. The molecule has 1 saturated heterocycles. The van der Waals surface area contributed by atoms with Gasteiger partial charge in [0.25, 0.3) is 0 Å². The summed E-state index contributed by atoms with van der Waals surface area (Å²) >= 11 is 6.44. The quantitative estimate of drug-likeness (QED) is 0.639. The Labute approximate surface area is 158 Å². The molecule has 0 spiro atoms. The highest BCUT2D eigenvalue weighted by atomic mass is 35.5. The summed E-state index contributed by atoms with van der Waals surface area (Å²) < 4.78 is 11.1. The Balaban J connectivity index is 1.94. The van der Waals surface area contributed by atoms with Gasteiger partial charge >= 0.3 is 0 Å². The van der Waals surface area contributed by atoms with Crippen LogP contribution in [0.3, 0.4) is 0 Å². The van der Waals surface area contributed by atoms with Gasteiger partial charge in [-0.05, 0) is 63.0 Å². The molecule has 0 amide bonds. The lowest BCUT2D eigenvalue weighted by molar-refractivity contribution is -0.656. The number of rotatable bonds is 10. The van der Waals surface area contributed by atoms with Gasteiger partial charge in [-0.2, -0.15) is 0 Å². The summed E-state index contributed by atoms with van der Waals surface area (Å²) in [4.78, 5) is 0. The topological polar surface area (TPSA) is 35.1 Å².